The summed E-state index contributed by atoms with van der Waals surface area (Å²) in [4.78, 5) is 15.3. The normalized spacial score (nSPS) is 36.8. The fraction of sp³-hybridized carbons (Fsp3) is 0.600. The SMILES string of the molecule is O=C(NC12CC3CC4CC(C1)C42C3)c1onc(OC2CCNCC2)c1Sc1ccccc1. The predicted octanol–water partition coefficient (Wildman–Crippen LogP) is 4.27. The molecule has 4 saturated carbocycles. The number of hydrogen-bond acceptors (Lipinski definition) is 6. The topological polar surface area (TPSA) is 76.4 Å². The molecule has 6 nitrogen and oxygen atoms in total. The van der Waals surface area contributed by atoms with Crippen LogP contribution in [0, 0.1) is 23.2 Å². The molecule has 1 amide bonds. The van der Waals surface area contributed by atoms with Gasteiger partial charge in [-0.2, -0.15) is 0 Å². The molecule has 1 aromatic carbocycles. The molecular formula is C25H29N3O3S. The Morgan fingerprint density at radius 3 is 2.75 bits per heavy atom. The Kier molecular flexibility index (Phi) is 4.26. The van der Waals surface area contributed by atoms with E-state index >= 15 is 0 Å². The van der Waals surface area contributed by atoms with Crippen molar-refractivity contribution in [3.05, 3.63) is 36.1 Å². The Morgan fingerprint density at radius 1 is 1.12 bits per heavy atom. The van der Waals surface area contributed by atoms with E-state index in [0.717, 1.165) is 61.4 Å². The van der Waals surface area contributed by atoms with Crippen LogP contribution in [0.5, 0.6) is 5.88 Å². The zero-order valence-corrected chi connectivity index (χ0v) is 19.0. The van der Waals surface area contributed by atoms with Gasteiger partial charge in [-0.25, -0.2) is 0 Å². The van der Waals surface area contributed by atoms with Crippen molar-refractivity contribution in [1.82, 2.24) is 15.8 Å². The van der Waals surface area contributed by atoms with Crippen molar-refractivity contribution in [1.29, 1.82) is 0 Å². The van der Waals surface area contributed by atoms with Crippen LogP contribution in [0.25, 0.3) is 0 Å². The second-order valence-electron chi connectivity index (χ2n) is 10.5. The van der Waals surface area contributed by atoms with Gasteiger partial charge in [-0.1, -0.05) is 30.0 Å². The van der Waals surface area contributed by atoms with Gasteiger partial charge in [0.15, 0.2) is 0 Å². The van der Waals surface area contributed by atoms with Crippen molar-refractivity contribution in [3.8, 4) is 5.88 Å². The fourth-order valence-electron chi connectivity index (χ4n) is 7.93. The number of nitrogens with zero attached hydrogens (tertiary/aromatic N) is 1. The van der Waals surface area contributed by atoms with E-state index in [1.165, 1.54) is 31.0 Å². The Hall–Kier alpha value is -1.99. The van der Waals surface area contributed by atoms with E-state index in [0.29, 0.717) is 22.0 Å². The van der Waals surface area contributed by atoms with Crippen LogP contribution in [0.4, 0.5) is 0 Å². The van der Waals surface area contributed by atoms with E-state index in [9.17, 15) is 4.79 Å². The zero-order valence-electron chi connectivity index (χ0n) is 18.1. The molecule has 5 atom stereocenters. The van der Waals surface area contributed by atoms with Gasteiger partial charge in [-0.3, -0.25) is 4.79 Å². The maximum atomic E-state index is 13.6. The number of amides is 1. The van der Waals surface area contributed by atoms with Crippen molar-refractivity contribution in [2.75, 3.05) is 13.1 Å². The van der Waals surface area contributed by atoms with E-state index in [-0.39, 0.29) is 17.6 Å². The average molecular weight is 452 g/mol. The summed E-state index contributed by atoms with van der Waals surface area (Å²) in [5.74, 6) is 3.07. The molecule has 1 spiro atoms. The smallest absolute Gasteiger partial charge is 0.291 e. The van der Waals surface area contributed by atoms with Crippen LogP contribution in [0.2, 0.25) is 0 Å². The molecule has 5 fully saturated rings. The second kappa shape index (κ2) is 7.00. The lowest BCUT2D eigenvalue weighted by Crippen LogP contribution is -2.76. The van der Waals surface area contributed by atoms with E-state index in [4.69, 9.17) is 9.26 Å². The van der Waals surface area contributed by atoms with Crippen LogP contribution < -0.4 is 15.4 Å². The minimum absolute atomic E-state index is 0.0158. The molecule has 7 heteroatoms. The number of ether oxygens (including phenoxy) is 1. The largest absolute Gasteiger partial charge is 0.471 e. The number of aromatic nitrogens is 1. The van der Waals surface area contributed by atoms with Gasteiger partial charge in [0, 0.05) is 10.4 Å². The van der Waals surface area contributed by atoms with E-state index in [2.05, 4.69) is 15.8 Å². The third-order valence-electron chi connectivity index (χ3n) is 9.10. The molecule has 2 N–H and O–H groups in total. The van der Waals surface area contributed by atoms with Crippen LogP contribution in [-0.4, -0.2) is 35.8 Å². The van der Waals surface area contributed by atoms with Crippen molar-refractivity contribution in [3.63, 3.8) is 0 Å². The summed E-state index contributed by atoms with van der Waals surface area (Å²) in [5.41, 5.74) is 0.368. The standard InChI is InChI=1S/C25H29N3O3S/c29-22(27-24-12-15-10-16-11-17(14-24)25(16,24)13-15)20-21(32-19-4-2-1-3-5-19)23(28-31-20)30-18-6-8-26-9-7-18/h1-5,15-18,26H,6-14H2,(H,27,29). The van der Waals surface area contributed by atoms with Gasteiger partial charge < -0.3 is 19.9 Å². The summed E-state index contributed by atoms with van der Waals surface area (Å²) < 4.78 is 11.9. The Bertz CT molecular complexity index is 1050. The molecule has 2 bridgehead atoms. The first-order valence-corrected chi connectivity index (χ1v) is 12.9. The first-order chi connectivity index (χ1) is 15.7. The zero-order chi connectivity index (χ0) is 21.3. The highest BCUT2D eigenvalue weighted by Crippen LogP contribution is 2.82. The molecule has 0 radical (unpaired) electrons. The van der Waals surface area contributed by atoms with Gasteiger partial charge in [0.2, 0.25) is 5.76 Å². The Labute approximate surface area is 192 Å². The molecule has 2 heterocycles. The number of piperidine rings is 1. The van der Waals surface area contributed by atoms with Gasteiger partial charge in [-0.15, -0.1) is 0 Å². The molecule has 1 aliphatic heterocycles. The summed E-state index contributed by atoms with van der Waals surface area (Å²) in [5, 5.41) is 11.1. The molecule has 4 aliphatic carbocycles. The Balaban J connectivity index is 1.17. The molecule has 168 valence electrons. The van der Waals surface area contributed by atoms with Crippen LogP contribution >= 0.6 is 11.8 Å². The summed E-state index contributed by atoms with van der Waals surface area (Å²) in [6.45, 7) is 1.87. The third-order valence-corrected chi connectivity index (χ3v) is 10.2. The van der Waals surface area contributed by atoms with E-state index in [1.54, 1.807) is 0 Å². The van der Waals surface area contributed by atoms with Crippen molar-refractivity contribution in [2.24, 2.45) is 23.2 Å². The first-order valence-electron chi connectivity index (χ1n) is 12.1. The average Bonchev–Trinajstić information content (AvgIpc) is 3.43. The molecular weight excluding hydrogens is 422 g/mol. The van der Waals surface area contributed by atoms with Crippen LogP contribution in [-0.2, 0) is 0 Å². The molecule has 5 aliphatic rings. The maximum Gasteiger partial charge on any atom is 0.291 e. The van der Waals surface area contributed by atoms with E-state index < -0.39 is 0 Å². The maximum absolute atomic E-state index is 13.6. The van der Waals surface area contributed by atoms with Crippen molar-refractivity contribution in [2.45, 2.75) is 66.4 Å². The highest BCUT2D eigenvalue weighted by atomic mass is 32.2. The molecule has 32 heavy (non-hydrogen) atoms. The minimum atomic E-state index is -0.123. The number of fused-ring (bicyclic) bond motifs is 1. The molecule has 1 aromatic heterocycles. The summed E-state index contributed by atoms with van der Waals surface area (Å²) in [6, 6.07) is 10.1. The van der Waals surface area contributed by atoms with Crippen LogP contribution in [0.15, 0.2) is 44.6 Å². The van der Waals surface area contributed by atoms with Gasteiger partial charge in [0.1, 0.15) is 11.0 Å². The summed E-state index contributed by atoms with van der Waals surface area (Å²) in [6.07, 6.45) is 8.30. The van der Waals surface area contributed by atoms with E-state index in [1.807, 2.05) is 30.3 Å². The molecule has 2 aromatic rings. The lowest BCUT2D eigenvalue weighted by molar-refractivity contribution is -0.201. The third kappa shape index (κ3) is 2.64. The number of hydrogen-bond donors (Lipinski definition) is 2. The van der Waals surface area contributed by atoms with Gasteiger partial charge in [0.05, 0.1) is 0 Å². The number of carbonyl (C=O) groups is 1. The Morgan fingerprint density at radius 2 is 1.97 bits per heavy atom. The fourth-order valence-corrected chi connectivity index (χ4v) is 8.85. The molecule has 7 rings (SSSR count). The molecule has 5 unspecified atom stereocenters. The summed E-state index contributed by atoms with van der Waals surface area (Å²) >= 11 is 1.51. The minimum Gasteiger partial charge on any atom is -0.471 e. The highest BCUT2D eigenvalue weighted by Gasteiger charge is 2.81. The summed E-state index contributed by atoms with van der Waals surface area (Å²) in [7, 11) is 0. The first kappa shape index (κ1) is 19.5. The van der Waals surface area contributed by atoms with Gasteiger partial charge in [0.25, 0.3) is 11.8 Å². The predicted molar refractivity (Wildman–Crippen MR) is 120 cm³/mol. The van der Waals surface area contributed by atoms with Crippen molar-refractivity contribution < 1.29 is 14.1 Å². The van der Waals surface area contributed by atoms with Crippen molar-refractivity contribution >= 4 is 17.7 Å². The van der Waals surface area contributed by atoms with Gasteiger partial charge >= 0.3 is 0 Å². The quantitative estimate of drug-likeness (QED) is 0.683. The number of benzene rings is 1. The van der Waals surface area contributed by atoms with Crippen LogP contribution in [0.3, 0.4) is 0 Å². The number of carbonyl (C=O) groups excluding carboxylic acids is 1. The monoisotopic (exact) mass is 451 g/mol. The lowest BCUT2D eigenvalue weighted by atomic mass is 9.35. The highest BCUT2D eigenvalue weighted by molar-refractivity contribution is 7.99. The number of nitrogens with one attached hydrogen (secondary N) is 2. The van der Waals surface area contributed by atoms with Gasteiger partial charge in [-0.05, 0) is 98.5 Å². The number of rotatable bonds is 6. The lowest BCUT2D eigenvalue weighted by Gasteiger charge is -2.72. The second-order valence-corrected chi connectivity index (χ2v) is 11.6. The van der Waals surface area contributed by atoms with Crippen LogP contribution in [0.1, 0.15) is 55.5 Å². The molecule has 1 saturated heterocycles.